The number of nitrogens with one attached hydrogen (secondary N) is 1. The summed E-state index contributed by atoms with van der Waals surface area (Å²) in [6.07, 6.45) is 0. The number of hydrogen-bond donors (Lipinski definition) is 1. The maximum atomic E-state index is 13.7. The van der Waals surface area contributed by atoms with Crippen LogP contribution in [0, 0.1) is 12.7 Å². The lowest BCUT2D eigenvalue weighted by atomic mass is 10.0. The van der Waals surface area contributed by atoms with Crippen LogP contribution in [0.3, 0.4) is 0 Å². The highest BCUT2D eigenvalue weighted by Crippen LogP contribution is 2.20. The third-order valence-corrected chi connectivity index (χ3v) is 6.18. The summed E-state index contributed by atoms with van der Waals surface area (Å²) in [6, 6.07) is 13.2. The van der Waals surface area contributed by atoms with Gasteiger partial charge in [-0.25, -0.2) is 13.8 Å². The Balaban J connectivity index is 1.76. The molecule has 2 aromatic carbocycles. The van der Waals surface area contributed by atoms with E-state index >= 15 is 0 Å². The molecule has 0 bridgehead atoms. The molecule has 0 fully saturated rings. The molecule has 32 heavy (non-hydrogen) atoms. The van der Waals surface area contributed by atoms with E-state index in [1.807, 2.05) is 18.2 Å². The molecule has 0 saturated heterocycles. The highest BCUT2D eigenvalue weighted by atomic mass is 32.1. The first kappa shape index (κ1) is 21.7. The SMILES string of the molecule is Cc1cc(-n2c(=O)c3sccc3n(CC(=O)Nc3cccc(C(C)C)c3)c2=O)ccc1F. The minimum absolute atomic E-state index is 0.257. The van der Waals surface area contributed by atoms with E-state index < -0.39 is 17.1 Å². The number of aromatic nitrogens is 2. The van der Waals surface area contributed by atoms with Gasteiger partial charge in [0.1, 0.15) is 17.1 Å². The Kier molecular flexibility index (Phi) is 5.80. The quantitative estimate of drug-likeness (QED) is 0.488. The molecular formula is C24H22FN3O3S. The minimum atomic E-state index is -0.655. The van der Waals surface area contributed by atoms with Crippen molar-refractivity contribution in [2.75, 3.05) is 5.32 Å². The summed E-state index contributed by atoms with van der Waals surface area (Å²) in [4.78, 5) is 39.1. The number of halogens is 1. The number of carbonyl (C=O) groups is 1. The number of fused-ring (bicyclic) bond motifs is 1. The van der Waals surface area contributed by atoms with Gasteiger partial charge in [0.2, 0.25) is 5.91 Å². The topological polar surface area (TPSA) is 73.1 Å². The second-order valence-corrected chi connectivity index (χ2v) is 8.82. The minimum Gasteiger partial charge on any atom is -0.325 e. The Labute approximate surface area is 187 Å². The van der Waals surface area contributed by atoms with Gasteiger partial charge in [-0.3, -0.25) is 14.2 Å². The van der Waals surface area contributed by atoms with Gasteiger partial charge < -0.3 is 5.32 Å². The zero-order valence-electron chi connectivity index (χ0n) is 17.9. The third-order valence-electron chi connectivity index (χ3n) is 5.29. The molecule has 0 unspecified atom stereocenters. The number of carbonyl (C=O) groups excluding carboxylic acids is 1. The number of thiophene rings is 1. The van der Waals surface area contributed by atoms with Crippen LogP contribution in [0.4, 0.5) is 10.1 Å². The number of benzene rings is 2. The van der Waals surface area contributed by atoms with Gasteiger partial charge in [0.15, 0.2) is 0 Å². The second kappa shape index (κ2) is 8.55. The van der Waals surface area contributed by atoms with E-state index in [1.54, 1.807) is 24.4 Å². The van der Waals surface area contributed by atoms with Gasteiger partial charge in [-0.2, -0.15) is 0 Å². The van der Waals surface area contributed by atoms with Crippen molar-refractivity contribution in [1.82, 2.24) is 9.13 Å². The zero-order chi connectivity index (χ0) is 23.0. The molecule has 0 spiro atoms. The average Bonchev–Trinajstić information content (AvgIpc) is 3.24. The highest BCUT2D eigenvalue weighted by Gasteiger charge is 2.18. The molecule has 0 aliphatic carbocycles. The van der Waals surface area contributed by atoms with E-state index in [-0.39, 0.29) is 18.1 Å². The summed E-state index contributed by atoms with van der Waals surface area (Å²) in [5.41, 5.74) is 1.54. The standard InChI is InChI=1S/C24H22FN3O3S/c1-14(2)16-5-4-6-17(12-16)26-21(29)13-27-20-9-10-32-22(20)23(30)28(24(27)31)18-7-8-19(25)15(3)11-18/h4-12,14H,13H2,1-3H3,(H,26,29). The molecule has 2 heterocycles. The Morgan fingerprint density at radius 2 is 1.91 bits per heavy atom. The molecule has 4 rings (SSSR count). The molecule has 8 heteroatoms. The Hall–Kier alpha value is -3.52. The molecular weight excluding hydrogens is 429 g/mol. The molecule has 4 aromatic rings. The van der Waals surface area contributed by atoms with Gasteiger partial charge in [-0.15, -0.1) is 11.3 Å². The summed E-state index contributed by atoms with van der Waals surface area (Å²) in [7, 11) is 0. The fraction of sp³-hybridized carbons (Fsp3) is 0.208. The fourth-order valence-electron chi connectivity index (χ4n) is 3.56. The van der Waals surface area contributed by atoms with Crippen LogP contribution in [-0.4, -0.2) is 15.0 Å². The van der Waals surface area contributed by atoms with Crippen LogP contribution in [0.1, 0.15) is 30.9 Å². The number of anilines is 1. The molecule has 6 nitrogen and oxygen atoms in total. The third kappa shape index (κ3) is 4.01. The maximum Gasteiger partial charge on any atom is 0.336 e. The lowest BCUT2D eigenvalue weighted by Crippen LogP contribution is -2.40. The first-order chi connectivity index (χ1) is 15.3. The molecule has 0 saturated carbocycles. The first-order valence-corrected chi connectivity index (χ1v) is 11.0. The molecule has 2 aromatic heterocycles. The van der Waals surface area contributed by atoms with Crippen molar-refractivity contribution in [1.29, 1.82) is 0 Å². The summed E-state index contributed by atoms with van der Waals surface area (Å²) >= 11 is 1.19. The van der Waals surface area contributed by atoms with Gasteiger partial charge in [-0.05, 0) is 65.7 Å². The lowest BCUT2D eigenvalue weighted by Gasteiger charge is -2.14. The van der Waals surface area contributed by atoms with Crippen LogP contribution < -0.4 is 16.6 Å². The van der Waals surface area contributed by atoms with Crippen LogP contribution in [0.5, 0.6) is 0 Å². The summed E-state index contributed by atoms with van der Waals surface area (Å²) < 4.78 is 16.3. The first-order valence-electron chi connectivity index (χ1n) is 10.2. The smallest absolute Gasteiger partial charge is 0.325 e. The molecule has 1 amide bonds. The van der Waals surface area contributed by atoms with Crippen LogP contribution in [-0.2, 0) is 11.3 Å². The number of nitrogens with zero attached hydrogens (tertiary/aromatic N) is 2. The predicted octanol–water partition coefficient (Wildman–Crippen LogP) is 4.42. The Morgan fingerprint density at radius 1 is 1.12 bits per heavy atom. The van der Waals surface area contributed by atoms with Crippen molar-refractivity contribution in [2.24, 2.45) is 0 Å². The van der Waals surface area contributed by atoms with Crippen molar-refractivity contribution >= 4 is 33.1 Å². The van der Waals surface area contributed by atoms with E-state index in [1.165, 1.54) is 34.1 Å². The van der Waals surface area contributed by atoms with E-state index in [0.717, 1.165) is 10.1 Å². The maximum absolute atomic E-state index is 13.7. The number of rotatable bonds is 5. The molecule has 0 radical (unpaired) electrons. The van der Waals surface area contributed by atoms with Crippen molar-refractivity contribution in [3.8, 4) is 5.69 Å². The fourth-order valence-corrected chi connectivity index (χ4v) is 4.38. The van der Waals surface area contributed by atoms with Crippen molar-refractivity contribution in [3.05, 3.63) is 91.7 Å². The largest absolute Gasteiger partial charge is 0.336 e. The predicted molar refractivity (Wildman–Crippen MR) is 126 cm³/mol. The molecule has 0 atom stereocenters. The number of hydrogen-bond acceptors (Lipinski definition) is 4. The Morgan fingerprint density at radius 3 is 2.62 bits per heavy atom. The summed E-state index contributed by atoms with van der Waals surface area (Å²) in [5, 5.41) is 4.53. The zero-order valence-corrected chi connectivity index (χ0v) is 18.7. The van der Waals surface area contributed by atoms with Gasteiger partial charge >= 0.3 is 5.69 Å². The van der Waals surface area contributed by atoms with Crippen LogP contribution in [0.15, 0.2) is 63.5 Å². The van der Waals surface area contributed by atoms with E-state index in [0.29, 0.717) is 27.4 Å². The van der Waals surface area contributed by atoms with Gasteiger partial charge in [0.25, 0.3) is 5.56 Å². The molecule has 0 aliphatic heterocycles. The Bertz CT molecular complexity index is 1450. The normalized spacial score (nSPS) is 11.3. The van der Waals surface area contributed by atoms with E-state index in [2.05, 4.69) is 19.2 Å². The van der Waals surface area contributed by atoms with Crippen molar-refractivity contribution in [2.45, 2.75) is 33.2 Å². The average molecular weight is 452 g/mol. The molecule has 0 aliphatic rings. The lowest BCUT2D eigenvalue weighted by molar-refractivity contribution is -0.116. The van der Waals surface area contributed by atoms with E-state index in [9.17, 15) is 18.8 Å². The van der Waals surface area contributed by atoms with Crippen molar-refractivity contribution in [3.63, 3.8) is 0 Å². The number of aryl methyl sites for hydroxylation is 1. The van der Waals surface area contributed by atoms with Gasteiger partial charge in [0.05, 0.1) is 11.2 Å². The summed E-state index contributed by atoms with van der Waals surface area (Å²) in [6.45, 7) is 5.42. The summed E-state index contributed by atoms with van der Waals surface area (Å²) in [5.74, 6) is -0.508. The van der Waals surface area contributed by atoms with E-state index in [4.69, 9.17) is 0 Å². The highest BCUT2D eigenvalue weighted by molar-refractivity contribution is 7.17. The number of amides is 1. The van der Waals surface area contributed by atoms with Crippen molar-refractivity contribution < 1.29 is 9.18 Å². The van der Waals surface area contributed by atoms with Gasteiger partial charge in [0, 0.05) is 5.69 Å². The molecule has 164 valence electrons. The van der Waals surface area contributed by atoms with Crippen LogP contribution in [0.25, 0.3) is 15.9 Å². The molecule has 1 N–H and O–H groups in total. The van der Waals surface area contributed by atoms with Gasteiger partial charge in [-0.1, -0.05) is 26.0 Å². The monoisotopic (exact) mass is 451 g/mol. The van der Waals surface area contributed by atoms with Crippen LogP contribution >= 0.6 is 11.3 Å². The van der Waals surface area contributed by atoms with Crippen LogP contribution in [0.2, 0.25) is 0 Å². The second-order valence-electron chi connectivity index (χ2n) is 7.91.